The van der Waals surface area contributed by atoms with E-state index in [0.717, 1.165) is 0 Å². The molecule has 5 heteroatoms. The van der Waals surface area contributed by atoms with Crippen LogP contribution in [0.5, 0.6) is 0 Å². The molecule has 1 aromatic carbocycles. The van der Waals surface area contributed by atoms with Gasteiger partial charge < -0.3 is 0 Å². The van der Waals surface area contributed by atoms with Gasteiger partial charge in [0.05, 0.1) is 0 Å². The van der Waals surface area contributed by atoms with Gasteiger partial charge in [0, 0.05) is 7.05 Å². The first-order valence-corrected chi connectivity index (χ1v) is 3.62. The number of hydrogen-bond donors (Lipinski definition) is 0. The van der Waals surface area contributed by atoms with Crippen molar-refractivity contribution in [3.8, 4) is 6.07 Å². The maximum absolute atomic E-state index is 13.1. The summed E-state index contributed by atoms with van der Waals surface area (Å²) >= 11 is 0. The van der Waals surface area contributed by atoms with Crippen LogP contribution in [0.3, 0.4) is 0 Å². The Morgan fingerprint density at radius 1 is 1.54 bits per heavy atom. The zero-order valence-electron chi connectivity index (χ0n) is 6.82. The summed E-state index contributed by atoms with van der Waals surface area (Å²) in [7, 11) is 1.62. The minimum Gasteiger partial charge on any atom is -0.246 e. The SMILES string of the molecule is Cn1nnc2ccc(F)c(C#N)c21. The highest BCUT2D eigenvalue weighted by atomic mass is 19.1. The van der Waals surface area contributed by atoms with Crippen LogP contribution in [0.4, 0.5) is 4.39 Å². The third-order valence-corrected chi connectivity index (χ3v) is 1.83. The molecular weight excluding hydrogens is 171 g/mol. The first kappa shape index (κ1) is 7.68. The van der Waals surface area contributed by atoms with Crippen LogP contribution in [0.2, 0.25) is 0 Å². The lowest BCUT2D eigenvalue weighted by atomic mass is 10.2. The Labute approximate surface area is 73.2 Å². The molecule has 13 heavy (non-hydrogen) atoms. The Morgan fingerprint density at radius 3 is 3.00 bits per heavy atom. The normalized spacial score (nSPS) is 10.2. The number of aryl methyl sites for hydroxylation is 1. The van der Waals surface area contributed by atoms with Crippen molar-refractivity contribution in [3.05, 3.63) is 23.5 Å². The molecule has 1 heterocycles. The summed E-state index contributed by atoms with van der Waals surface area (Å²) in [4.78, 5) is 0. The summed E-state index contributed by atoms with van der Waals surface area (Å²) in [5.74, 6) is -0.541. The van der Waals surface area contributed by atoms with Crippen molar-refractivity contribution in [2.75, 3.05) is 0 Å². The van der Waals surface area contributed by atoms with Gasteiger partial charge in [-0.3, -0.25) is 0 Å². The molecule has 0 aliphatic carbocycles. The fourth-order valence-corrected chi connectivity index (χ4v) is 1.23. The van der Waals surface area contributed by atoms with Crippen molar-refractivity contribution in [3.63, 3.8) is 0 Å². The van der Waals surface area contributed by atoms with E-state index in [0.29, 0.717) is 11.0 Å². The zero-order valence-corrected chi connectivity index (χ0v) is 6.82. The van der Waals surface area contributed by atoms with Crippen molar-refractivity contribution in [1.29, 1.82) is 5.26 Å². The Balaban J connectivity index is 2.99. The summed E-state index contributed by atoms with van der Waals surface area (Å²) in [6.45, 7) is 0. The molecule has 0 unspecified atom stereocenters. The molecule has 0 radical (unpaired) electrons. The van der Waals surface area contributed by atoms with Gasteiger partial charge in [0.2, 0.25) is 0 Å². The number of nitriles is 1. The molecule has 0 bridgehead atoms. The molecule has 64 valence electrons. The van der Waals surface area contributed by atoms with Crippen molar-refractivity contribution in [1.82, 2.24) is 15.0 Å². The predicted molar refractivity (Wildman–Crippen MR) is 43.2 cm³/mol. The Hall–Kier alpha value is -1.96. The molecule has 0 aliphatic rings. The fourth-order valence-electron chi connectivity index (χ4n) is 1.23. The molecule has 2 aromatic rings. The highest BCUT2D eigenvalue weighted by Crippen LogP contribution is 2.17. The number of rotatable bonds is 0. The Morgan fingerprint density at radius 2 is 2.31 bits per heavy atom. The molecule has 1 aromatic heterocycles. The number of hydrogen-bond acceptors (Lipinski definition) is 3. The van der Waals surface area contributed by atoms with Crippen molar-refractivity contribution in [2.24, 2.45) is 7.05 Å². The van der Waals surface area contributed by atoms with Crippen LogP contribution in [-0.2, 0) is 7.05 Å². The molecule has 2 rings (SSSR count). The second kappa shape index (κ2) is 2.52. The smallest absolute Gasteiger partial charge is 0.143 e. The van der Waals surface area contributed by atoms with E-state index >= 15 is 0 Å². The van der Waals surface area contributed by atoms with Gasteiger partial charge in [0.25, 0.3) is 0 Å². The number of benzene rings is 1. The highest BCUT2D eigenvalue weighted by Gasteiger charge is 2.11. The fraction of sp³-hybridized carbons (Fsp3) is 0.125. The second-order valence-corrected chi connectivity index (χ2v) is 2.61. The van der Waals surface area contributed by atoms with E-state index in [1.165, 1.54) is 16.8 Å². The molecule has 0 fully saturated rings. The number of halogens is 1. The monoisotopic (exact) mass is 176 g/mol. The molecule has 0 aliphatic heterocycles. The minimum atomic E-state index is -0.541. The van der Waals surface area contributed by atoms with Gasteiger partial charge in [-0.1, -0.05) is 5.21 Å². The highest BCUT2D eigenvalue weighted by molar-refractivity contribution is 5.80. The molecule has 0 saturated carbocycles. The lowest BCUT2D eigenvalue weighted by Gasteiger charge is -1.95. The summed E-state index contributed by atoms with van der Waals surface area (Å²) in [6.07, 6.45) is 0. The summed E-state index contributed by atoms with van der Waals surface area (Å²) in [6, 6.07) is 4.51. The average molecular weight is 176 g/mol. The van der Waals surface area contributed by atoms with Gasteiger partial charge in [-0.05, 0) is 12.1 Å². The molecule has 0 amide bonds. The van der Waals surface area contributed by atoms with Gasteiger partial charge in [-0.2, -0.15) is 5.26 Å². The molecular formula is C8H5FN4. The van der Waals surface area contributed by atoms with Crippen LogP contribution >= 0.6 is 0 Å². The largest absolute Gasteiger partial charge is 0.246 e. The first-order chi connectivity index (χ1) is 6.24. The lowest BCUT2D eigenvalue weighted by Crippen LogP contribution is -1.94. The minimum absolute atomic E-state index is 0.00926. The van der Waals surface area contributed by atoms with Crippen molar-refractivity contribution >= 4 is 11.0 Å². The van der Waals surface area contributed by atoms with Gasteiger partial charge in [-0.15, -0.1) is 5.10 Å². The van der Waals surface area contributed by atoms with E-state index in [-0.39, 0.29) is 5.56 Å². The predicted octanol–water partition coefficient (Wildman–Crippen LogP) is 0.979. The van der Waals surface area contributed by atoms with Crippen molar-refractivity contribution < 1.29 is 4.39 Å². The van der Waals surface area contributed by atoms with E-state index in [1.807, 2.05) is 0 Å². The van der Waals surface area contributed by atoms with Crippen LogP contribution in [0, 0.1) is 17.1 Å². The number of nitrogens with zero attached hydrogens (tertiary/aromatic N) is 4. The van der Waals surface area contributed by atoms with E-state index in [2.05, 4.69) is 10.3 Å². The maximum atomic E-state index is 13.1. The summed E-state index contributed by atoms with van der Waals surface area (Å²) in [5, 5.41) is 16.2. The quantitative estimate of drug-likeness (QED) is 0.601. The lowest BCUT2D eigenvalue weighted by molar-refractivity contribution is 0.624. The molecule has 0 spiro atoms. The number of aromatic nitrogens is 3. The van der Waals surface area contributed by atoms with Gasteiger partial charge >= 0.3 is 0 Å². The molecule has 0 atom stereocenters. The van der Waals surface area contributed by atoms with Crippen LogP contribution < -0.4 is 0 Å². The second-order valence-electron chi connectivity index (χ2n) is 2.61. The zero-order chi connectivity index (χ0) is 9.42. The van der Waals surface area contributed by atoms with Crippen LogP contribution in [0.15, 0.2) is 12.1 Å². The van der Waals surface area contributed by atoms with Crippen LogP contribution in [0.25, 0.3) is 11.0 Å². The Bertz CT molecular complexity index is 509. The maximum Gasteiger partial charge on any atom is 0.143 e. The van der Waals surface area contributed by atoms with Gasteiger partial charge in [-0.25, -0.2) is 9.07 Å². The summed E-state index contributed by atoms with van der Waals surface area (Å²) in [5.41, 5.74) is 0.952. The average Bonchev–Trinajstić information content (AvgIpc) is 2.49. The van der Waals surface area contributed by atoms with E-state index < -0.39 is 5.82 Å². The number of fused-ring (bicyclic) bond motifs is 1. The van der Waals surface area contributed by atoms with E-state index in [9.17, 15) is 4.39 Å². The van der Waals surface area contributed by atoms with E-state index in [1.54, 1.807) is 13.1 Å². The third kappa shape index (κ3) is 0.957. The van der Waals surface area contributed by atoms with Crippen molar-refractivity contribution in [2.45, 2.75) is 0 Å². The molecule has 0 saturated heterocycles. The van der Waals surface area contributed by atoms with Gasteiger partial charge in [0.15, 0.2) is 0 Å². The van der Waals surface area contributed by atoms with E-state index in [4.69, 9.17) is 5.26 Å². The van der Waals surface area contributed by atoms with Crippen LogP contribution in [0.1, 0.15) is 5.56 Å². The van der Waals surface area contributed by atoms with Gasteiger partial charge in [0.1, 0.15) is 28.5 Å². The standard InChI is InChI=1S/C8H5FN4/c1-13-8-5(4-10)6(9)2-3-7(8)11-12-13/h2-3H,1H3. The third-order valence-electron chi connectivity index (χ3n) is 1.83. The Kier molecular flexibility index (Phi) is 1.49. The van der Waals surface area contributed by atoms with Crippen LogP contribution in [-0.4, -0.2) is 15.0 Å². The first-order valence-electron chi connectivity index (χ1n) is 3.62. The topological polar surface area (TPSA) is 54.5 Å². The molecule has 0 N–H and O–H groups in total. The summed E-state index contributed by atoms with van der Waals surface area (Å²) < 4.78 is 14.5. The molecule has 4 nitrogen and oxygen atoms in total.